The topological polar surface area (TPSA) is 31.9 Å². The van der Waals surface area contributed by atoms with E-state index in [1.165, 1.54) is 56.2 Å². The van der Waals surface area contributed by atoms with E-state index >= 15 is 0 Å². The highest BCUT2D eigenvalue weighted by Gasteiger charge is 2.64. The highest BCUT2D eigenvalue weighted by molar-refractivity contribution is 5.89. The van der Waals surface area contributed by atoms with E-state index in [2.05, 4.69) is 166 Å². The van der Waals surface area contributed by atoms with Crippen molar-refractivity contribution in [1.82, 2.24) is 0 Å². The average molecular weight is 635 g/mol. The zero-order valence-corrected chi connectivity index (χ0v) is 27.6. The molecule has 3 aromatic heterocycles. The first-order valence-electron chi connectivity index (χ1n) is 17.2. The van der Waals surface area contributed by atoms with Gasteiger partial charge in [0.25, 0.3) is 0 Å². The van der Waals surface area contributed by atoms with Gasteiger partial charge in [-0.15, -0.1) is 9.13 Å². The van der Waals surface area contributed by atoms with Crippen LogP contribution in [0.25, 0.3) is 44.8 Å². The number of hydrogen-bond acceptors (Lipinski definition) is 1. The predicted molar refractivity (Wildman–Crippen MR) is 192 cm³/mol. The number of pyridine rings is 3. The van der Waals surface area contributed by atoms with Gasteiger partial charge in [-0.05, 0) is 36.8 Å². The number of aliphatic hydroxyl groups excluding tert-OH is 1. The summed E-state index contributed by atoms with van der Waals surface area (Å²) in [5.74, 6) is -0.116. The Bertz CT molecular complexity index is 2470. The lowest BCUT2D eigenvalue weighted by Gasteiger charge is -2.39. The molecule has 3 aromatic carbocycles. The molecule has 4 nitrogen and oxygen atoms in total. The summed E-state index contributed by atoms with van der Waals surface area (Å²) in [4.78, 5) is 0. The van der Waals surface area contributed by atoms with Crippen LogP contribution in [0.3, 0.4) is 0 Å². The molecule has 6 bridgehead atoms. The van der Waals surface area contributed by atoms with E-state index in [1.807, 2.05) is 13.0 Å². The second-order valence-electron chi connectivity index (χ2n) is 13.7. The summed E-state index contributed by atoms with van der Waals surface area (Å²) in [6.45, 7) is 4.77. The number of aryl methyl sites for hydroxylation is 1. The van der Waals surface area contributed by atoms with Crippen LogP contribution < -0.4 is 13.7 Å². The van der Waals surface area contributed by atoms with Crippen molar-refractivity contribution in [3.63, 3.8) is 0 Å². The second kappa shape index (κ2) is 10.4. The van der Waals surface area contributed by atoms with E-state index in [4.69, 9.17) is 0 Å². The monoisotopic (exact) mass is 634 g/mol. The minimum absolute atomic E-state index is 0.116. The number of nitrogens with zero attached hydrogens (tertiary/aromatic N) is 3. The standard InChI is InChI=1S/C45H36N3O/c1-29-14-12-25-42-33-18-9-11-22-39(33)45(48(29)42)38-21-10-8-17-32(38)40-23-13-24-41-34-19-6-7-20-35(44(34)45)43-26-36(30(2)49)37(27-46(43)28-47(40)41)31-15-4-3-5-16-31/h3-27,30,44,49H,28H2,1-2H3/q+3. The Morgan fingerprint density at radius 3 is 2.00 bits per heavy atom. The SMILES string of the molecule is Cc1cccc2[n+]1C1(c3ccccc3-c3cccc4[n+]3C[n+]3cc(-c5ccccc5)c(C(C)O)cc3C3=CC=CC=C4C31)c1ccccc1-2. The summed E-state index contributed by atoms with van der Waals surface area (Å²) in [6.07, 6.45) is 10.7. The summed E-state index contributed by atoms with van der Waals surface area (Å²) >= 11 is 0. The molecule has 3 aliphatic heterocycles. The molecule has 3 atom stereocenters. The van der Waals surface area contributed by atoms with Crippen molar-refractivity contribution >= 4 is 11.1 Å². The Labute approximate surface area is 286 Å². The van der Waals surface area contributed by atoms with Crippen molar-refractivity contribution in [3.05, 3.63) is 186 Å². The number of benzene rings is 3. The molecule has 1 N–H and O–H groups in total. The molecular weight excluding hydrogens is 599 g/mol. The first-order valence-corrected chi connectivity index (χ1v) is 17.2. The van der Waals surface area contributed by atoms with Gasteiger partial charge < -0.3 is 5.11 Å². The van der Waals surface area contributed by atoms with Gasteiger partial charge in [-0.2, -0.15) is 4.57 Å². The van der Waals surface area contributed by atoms with Gasteiger partial charge in [0.1, 0.15) is 0 Å². The number of fused-ring (bicyclic) bond motifs is 10. The molecule has 3 unspecified atom stereocenters. The summed E-state index contributed by atoms with van der Waals surface area (Å²) in [5, 5.41) is 11.4. The fourth-order valence-corrected chi connectivity index (χ4v) is 9.31. The molecule has 10 rings (SSSR count). The third-order valence-corrected chi connectivity index (χ3v) is 11.2. The largest absolute Gasteiger partial charge is 0.389 e. The second-order valence-corrected chi connectivity index (χ2v) is 13.7. The van der Waals surface area contributed by atoms with Crippen LogP contribution in [0.1, 0.15) is 46.8 Å². The third-order valence-electron chi connectivity index (χ3n) is 11.2. The van der Waals surface area contributed by atoms with Crippen molar-refractivity contribution in [1.29, 1.82) is 0 Å². The predicted octanol–water partition coefficient (Wildman–Crippen LogP) is 7.50. The molecule has 6 heterocycles. The minimum Gasteiger partial charge on any atom is -0.389 e. The first kappa shape index (κ1) is 28.3. The molecule has 0 saturated heterocycles. The molecule has 1 spiro atoms. The van der Waals surface area contributed by atoms with Crippen molar-refractivity contribution in [2.24, 2.45) is 5.92 Å². The molecule has 1 aliphatic carbocycles. The zero-order chi connectivity index (χ0) is 32.9. The molecule has 49 heavy (non-hydrogen) atoms. The molecule has 4 heteroatoms. The van der Waals surface area contributed by atoms with Gasteiger partial charge in [0.15, 0.2) is 11.9 Å². The number of aliphatic hydroxyl groups is 1. The Kier molecular flexibility index (Phi) is 6.01. The maximum atomic E-state index is 11.4. The molecular formula is C45H36N3O+3. The summed E-state index contributed by atoms with van der Waals surface area (Å²) in [7, 11) is 0. The van der Waals surface area contributed by atoms with Gasteiger partial charge in [-0.1, -0.05) is 91.0 Å². The van der Waals surface area contributed by atoms with Crippen molar-refractivity contribution in [2.75, 3.05) is 0 Å². The van der Waals surface area contributed by atoms with Crippen molar-refractivity contribution in [3.8, 4) is 33.6 Å². The van der Waals surface area contributed by atoms with Gasteiger partial charge in [-0.25, -0.2) is 0 Å². The minimum atomic E-state index is -0.649. The van der Waals surface area contributed by atoms with Crippen LogP contribution in [0.2, 0.25) is 0 Å². The van der Waals surface area contributed by atoms with E-state index < -0.39 is 11.6 Å². The lowest BCUT2D eigenvalue weighted by molar-refractivity contribution is -0.910. The lowest BCUT2D eigenvalue weighted by atomic mass is 9.63. The Morgan fingerprint density at radius 1 is 0.653 bits per heavy atom. The Morgan fingerprint density at radius 2 is 1.27 bits per heavy atom. The number of hydrogen-bond donors (Lipinski definition) is 1. The highest BCUT2D eigenvalue weighted by Crippen LogP contribution is 2.57. The molecule has 0 radical (unpaired) electrons. The summed E-state index contributed by atoms with van der Waals surface area (Å²) in [5.41, 5.74) is 16.0. The van der Waals surface area contributed by atoms with Crippen LogP contribution in [-0.2, 0) is 12.2 Å². The van der Waals surface area contributed by atoms with E-state index in [0.29, 0.717) is 6.67 Å². The van der Waals surface area contributed by atoms with E-state index in [9.17, 15) is 5.11 Å². The third kappa shape index (κ3) is 3.75. The number of aromatic nitrogens is 3. The van der Waals surface area contributed by atoms with Crippen LogP contribution in [-0.4, -0.2) is 5.11 Å². The fourth-order valence-electron chi connectivity index (χ4n) is 9.31. The molecule has 0 fully saturated rings. The normalized spacial score (nSPS) is 19.6. The maximum absolute atomic E-state index is 11.4. The molecule has 0 amide bonds. The smallest absolute Gasteiger partial charge is 0.345 e. The number of rotatable bonds is 2. The van der Waals surface area contributed by atoms with E-state index in [0.717, 1.165) is 22.4 Å². The highest BCUT2D eigenvalue weighted by atomic mass is 16.3. The van der Waals surface area contributed by atoms with Crippen LogP contribution >= 0.6 is 0 Å². The zero-order valence-electron chi connectivity index (χ0n) is 27.6. The van der Waals surface area contributed by atoms with Crippen LogP contribution in [0.4, 0.5) is 0 Å². The quantitative estimate of drug-likeness (QED) is 0.197. The van der Waals surface area contributed by atoms with Gasteiger partial charge >= 0.3 is 6.67 Å². The maximum Gasteiger partial charge on any atom is 0.345 e. The van der Waals surface area contributed by atoms with E-state index in [1.54, 1.807) is 0 Å². The molecule has 6 aromatic rings. The average Bonchev–Trinajstić information content (AvgIpc) is 3.25. The van der Waals surface area contributed by atoms with Gasteiger partial charge in [0.2, 0.25) is 28.3 Å². The van der Waals surface area contributed by atoms with Crippen molar-refractivity contribution < 1.29 is 18.8 Å². The summed E-state index contributed by atoms with van der Waals surface area (Å²) in [6, 6.07) is 44.4. The molecule has 0 saturated carbocycles. The van der Waals surface area contributed by atoms with E-state index in [-0.39, 0.29) is 5.92 Å². The van der Waals surface area contributed by atoms with Gasteiger partial charge in [0, 0.05) is 65.1 Å². The van der Waals surface area contributed by atoms with Gasteiger partial charge in [-0.3, -0.25) is 0 Å². The fraction of sp³-hybridized carbons (Fsp3) is 0.133. The lowest BCUT2D eigenvalue weighted by Crippen LogP contribution is -2.66. The Hall–Kier alpha value is -5.71. The Balaban J connectivity index is 1.43. The first-order chi connectivity index (χ1) is 24.1. The molecule has 4 aliphatic rings. The van der Waals surface area contributed by atoms with Crippen molar-refractivity contribution in [2.45, 2.75) is 32.2 Å². The van der Waals surface area contributed by atoms with Crippen LogP contribution in [0.5, 0.6) is 0 Å². The number of allylic oxidation sites excluding steroid dienone is 6. The summed E-state index contributed by atoms with van der Waals surface area (Å²) < 4.78 is 7.55. The molecule has 234 valence electrons. The van der Waals surface area contributed by atoms with Gasteiger partial charge in [0.05, 0.1) is 28.7 Å². The van der Waals surface area contributed by atoms with Crippen LogP contribution in [0.15, 0.2) is 152 Å². The van der Waals surface area contributed by atoms with Crippen LogP contribution in [0, 0.1) is 12.8 Å².